The number of benzene rings is 1. The van der Waals surface area contributed by atoms with Crippen LogP contribution in [0.25, 0.3) is 5.82 Å². The number of amides is 1. The van der Waals surface area contributed by atoms with Crippen LogP contribution in [0.5, 0.6) is 0 Å². The first-order valence-electron chi connectivity index (χ1n) is 9.91. The van der Waals surface area contributed by atoms with Crippen LogP contribution < -0.4 is 4.90 Å². The molecule has 1 aliphatic heterocycles. The summed E-state index contributed by atoms with van der Waals surface area (Å²) in [5.74, 6) is 2.47. The van der Waals surface area contributed by atoms with E-state index in [9.17, 15) is 4.79 Å². The van der Waals surface area contributed by atoms with Crippen LogP contribution in [0.3, 0.4) is 0 Å². The largest absolute Gasteiger partial charge is 0.353 e. The molecule has 0 spiro atoms. The molecule has 4 rings (SSSR count). The van der Waals surface area contributed by atoms with Crippen molar-refractivity contribution < 1.29 is 4.79 Å². The summed E-state index contributed by atoms with van der Waals surface area (Å²) in [6.07, 6.45) is 0. The molecule has 3 aromatic rings. The maximum absolute atomic E-state index is 12.9. The fourth-order valence-electron chi connectivity index (χ4n) is 3.79. The Morgan fingerprint density at radius 2 is 1.59 bits per heavy atom. The molecule has 1 aromatic carbocycles. The lowest BCUT2D eigenvalue weighted by Gasteiger charge is -2.35. The summed E-state index contributed by atoms with van der Waals surface area (Å²) in [6.45, 7) is 10.7. The van der Waals surface area contributed by atoms with E-state index in [1.165, 1.54) is 0 Å². The van der Waals surface area contributed by atoms with Gasteiger partial charge in [-0.05, 0) is 45.4 Å². The molecule has 3 heterocycles. The molecule has 0 unspecified atom stereocenters. The monoisotopic (exact) mass is 390 g/mol. The predicted octanol–water partition coefficient (Wildman–Crippen LogP) is 2.86. The number of anilines is 1. The zero-order valence-corrected chi connectivity index (χ0v) is 17.4. The van der Waals surface area contributed by atoms with Gasteiger partial charge in [0.05, 0.1) is 5.69 Å². The number of nitrogens with zero attached hydrogens (tertiary/aromatic N) is 6. The number of hydrogen-bond donors (Lipinski definition) is 0. The third-order valence-electron chi connectivity index (χ3n) is 5.30. The van der Waals surface area contributed by atoms with Crippen molar-refractivity contribution in [1.29, 1.82) is 0 Å². The van der Waals surface area contributed by atoms with Crippen LogP contribution in [0.4, 0.5) is 5.82 Å². The summed E-state index contributed by atoms with van der Waals surface area (Å²) in [5, 5.41) is 4.54. The lowest BCUT2D eigenvalue weighted by Crippen LogP contribution is -2.49. The van der Waals surface area contributed by atoms with E-state index in [0.717, 1.165) is 47.2 Å². The SMILES string of the molecule is Cc1cc(C)n(-c2cc(N3CCN(C(=O)c4ccccc4C)CC3)nc(C)n2)n1. The molecule has 7 nitrogen and oxygen atoms in total. The second-order valence-electron chi connectivity index (χ2n) is 7.56. The highest BCUT2D eigenvalue weighted by Crippen LogP contribution is 2.20. The topological polar surface area (TPSA) is 67.2 Å². The van der Waals surface area contributed by atoms with Crippen molar-refractivity contribution in [2.24, 2.45) is 0 Å². The van der Waals surface area contributed by atoms with E-state index in [-0.39, 0.29) is 5.91 Å². The van der Waals surface area contributed by atoms with Gasteiger partial charge < -0.3 is 9.80 Å². The second kappa shape index (κ2) is 7.66. The molecule has 1 fully saturated rings. The van der Waals surface area contributed by atoms with Gasteiger partial charge in [0, 0.05) is 43.5 Å². The van der Waals surface area contributed by atoms with Gasteiger partial charge in [-0.3, -0.25) is 4.79 Å². The lowest BCUT2D eigenvalue weighted by molar-refractivity contribution is 0.0745. The van der Waals surface area contributed by atoms with Crippen molar-refractivity contribution in [2.45, 2.75) is 27.7 Å². The van der Waals surface area contributed by atoms with Gasteiger partial charge in [-0.2, -0.15) is 5.10 Å². The van der Waals surface area contributed by atoms with Crippen LogP contribution in [0.1, 0.15) is 33.1 Å². The molecule has 1 amide bonds. The standard InChI is InChI=1S/C22H26N6O/c1-15-7-5-6-8-19(15)22(29)27-11-9-26(10-12-27)20-14-21(24-18(4)23-20)28-17(3)13-16(2)25-28/h5-8,13-14H,9-12H2,1-4H3. The van der Waals surface area contributed by atoms with Gasteiger partial charge in [-0.25, -0.2) is 14.6 Å². The van der Waals surface area contributed by atoms with E-state index < -0.39 is 0 Å². The lowest BCUT2D eigenvalue weighted by atomic mass is 10.1. The minimum Gasteiger partial charge on any atom is -0.353 e. The molecule has 0 N–H and O–H groups in total. The molecular weight excluding hydrogens is 364 g/mol. The molecule has 29 heavy (non-hydrogen) atoms. The molecular formula is C22H26N6O. The first-order chi connectivity index (χ1) is 13.9. The molecule has 0 aliphatic carbocycles. The summed E-state index contributed by atoms with van der Waals surface area (Å²) in [7, 11) is 0. The minimum atomic E-state index is 0.102. The van der Waals surface area contributed by atoms with E-state index in [4.69, 9.17) is 0 Å². The number of aryl methyl sites for hydroxylation is 4. The van der Waals surface area contributed by atoms with Crippen molar-refractivity contribution in [3.8, 4) is 5.82 Å². The van der Waals surface area contributed by atoms with Crippen molar-refractivity contribution in [2.75, 3.05) is 31.1 Å². The number of piperazine rings is 1. The Morgan fingerprint density at radius 3 is 2.24 bits per heavy atom. The molecule has 150 valence electrons. The highest BCUT2D eigenvalue weighted by atomic mass is 16.2. The average molecular weight is 390 g/mol. The van der Waals surface area contributed by atoms with Crippen LogP contribution >= 0.6 is 0 Å². The predicted molar refractivity (Wildman–Crippen MR) is 113 cm³/mol. The highest BCUT2D eigenvalue weighted by Gasteiger charge is 2.24. The number of aromatic nitrogens is 4. The molecule has 1 aliphatic rings. The van der Waals surface area contributed by atoms with Gasteiger partial charge in [0.25, 0.3) is 5.91 Å². The van der Waals surface area contributed by atoms with Crippen LogP contribution in [-0.4, -0.2) is 56.7 Å². The van der Waals surface area contributed by atoms with E-state index in [1.54, 1.807) is 0 Å². The summed E-state index contributed by atoms with van der Waals surface area (Å²) in [5.41, 5.74) is 3.80. The fourth-order valence-corrected chi connectivity index (χ4v) is 3.79. The number of hydrogen-bond acceptors (Lipinski definition) is 5. The summed E-state index contributed by atoms with van der Waals surface area (Å²) in [6, 6.07) is 11.8. The zero-order valence-electron chi connectivity index (χ0n) is 17.4. The first kappa shape index (κ1) is 19.1. The molecule has 0 radical (unpaired) electrons. The van der Waals surface area contributed by atoms with Gasteiger partial charge in [0.2, 0.25) is 0 Å². The number of carbonyl (C=O) groups excluding carboxylic acids is 1. The molecule has 0 saturated carbocycles. The van der Waals surface area contributed by atoms with Crippen molar-refractivity contribution in [1.82, 2.24) is 24.6 Å². The van der Waals surface area contributed by atoms with Crippen molar-refractivity contribution >= 4 is 11.7 Å². The third-order valence-corrected chi connectivity index (χ3v) is 5.30. The smallest absolute Gasteiger partial charge is 0.254 e. The summed E-state index contributed by atoms with van der Waals surface area (Å²) in [4.78, 5) is 26.2. The normalized spacial score (nSPS) is 14.3. The maximum atomic E-state index is 12.9. The average Bonchev–Trinajstić information content (AvgIpc) is 3.05. The molecule has 7 heteroatoms. The fraction of sp³-hybridized carbons (Fsp3) is 0.364. The van der Waals surface area contributed by atoms with E-state index >= 15 is 0 Å². The van der Waals surface area contributed by atoms with E-state index in [1.807, 2.05) is 73.7 Å². The van der Waals surface area contributed by atoms with Gasteiger partial charge in [0.15, 0.2) is 5.82 Å². The highest BCUT2D eigenvalue weighted by molar-refractivity contribution is 5.95. The Labute approximate surface area is 171 Å². The Bertz CT molecular complexity index is 1050. The van der Waals surface area contributed by atoms with Crippen LogP contribution in [0.2, 0.25) is 0 Å². The Kier molecular flexibility index (Phi) is 5.05. The van der Waals surface area contributed by atoms with Gasteiger partial charge in [-0.15, -0.1) is 0 Å². The second-order valence-corrected chi connectivity index (χ2v) is 7.56. The van der Waals surface area contributed by atoms with Gasteiger partial charge in [0.1, 0.15) is 11.6 Å². The van der Waals surface area contributed by atoms with Crippen LogP contribution in [-0.2, 0) is 0 Å². The van der Waals surface area contributed by atoms with Gasteiger partial charge >= 0.3 is 0 Å². The maximum Gasteiger partial charge on any atom is 0.254 e. The summed E-state index contributed by atoms with van der Waals surface area (Å²) < 4.78 is 1.85. The Balaban J connectivity index is 1.51. The van der Waals surface area contributed by atoms with E-state index in [2.05, 4.69) is 20.0 Å². The van der Waals surface area contributed by atoms with E-state index in [0.29, 0.717) is 18.9 Å². The van der Waals surface area contributed by atoms with Crippen molar-refractivity contribution in [3.05, 3.63) is 64.7 Å². The Morgan fingerprint density at radius 1 is 0.897 bits per heavy atom. The molecule has 0 bridgehead atoms. The van der Waals surface area contributed by atoms with Crippen molar-refractivity contribution in [3.63, 3.8) is 0 Å². The quantitative estimate of drug-likeness (QED) is 0.688. The molecule has 1 saturated heterocycles. The van der Waals surface area contributed by atoms with Crippen LogP contribution in [0.15, 0.2) is 36.4 Å². The van der Waals surface area contributed by atoms with Gasteiger partial charge in [-0.1, -0.05) is 18.2 Å². The summed E-state index contributed by atoms with van der Waals surface area (Å²) >= 11 is 0. The third kappa shape index (κ3) is 3.85. The molecule has 0 atom stereocenters. The first-order valence-corrected chi connectivity index (χ1v) is 9.91. The Hall–Kier alpha value is -3.22. The number of rotatable bonds is 3. The van der Waals surface area contributed by atoms with Crippen LogP contribution in [0, 0.1) is 27.7 Å². The number of carbonyl (C=O) groups is 1. The minimum absolute atomic E-state index is 0.102. The molecule has 2 aromatic heterocycles. The zero-order chi connectivity index (χ0) is 20.5.